The van der Waals surface area contributed by atoms with E-state index in [0.717, 1.165) is 28.6 Å². The van der Waals surface area contributed by atoms with Crippen molar-refractivity contribution >= 4 is 16.8 Å². The predicted molar refractivity (Wildman–Crippen MR) is 114 cm³/mol. The summed E-state index contributed by atoms with van der Waals surface area (Å²) < 4.78 is 5.55. The molecule has 29 heavy (non-hydrogen) atoms. The number of likely N-dealkylation sites (N-methyl/N-ethyl adjacent to an activating group) is 1. The molecule has 1 heterocycles. The Bertz CT molecular complexity index is 1100. The second-order valence-corrected chi connectivity index (χ2v) is 7.46. The van der Waals surface area contributed by atoms with Gasteiger partial charge in [-0.1, -0.05) is 65.8 Å². The number of amides is 1. The molecular weight excluding hydrogens is 362 g/mol. The van der Waals surface area contributed by atoms with Gasteiger partial charge in [0.05, 0.1) is 19.5 Å². The van der Waals surface area contributed by atoms with Gasteiger partial charge < -0.3 is 14.7 Å². The minimum Gasteiger partial charge on any atom is -0.355 e. The number of benzene rings is 3. The Morgan fingerprint density at radius 2 is 1.69 bits per heavy atom. The van der Waals surface area contributed by atoms with Crippen LogP contribution >= 0.6 is 0 Å². The van der Waals surface area contributed by atoms with Crippen LogP contribution in [0.5, 0.6) is 0 Å². The maximum Gasteiger partial charge on any atom is 0.251 e. The number of fused-ring (bicyclic) bond motifs is 1. The molecule has 0 saturated carbocycles. The monoisotopic (exact) mass is 386 g/mol. The van der Waals surface area contributed by atoms with Crippen molar-refractivity contribution in [2.75, 3.05) is 20.6 Å². The quantitative estimate of drug-likeness (QED) is 0.535. The molecule has 1 atom stereocenters. The van der Waals surface area contributed by atoms with Gasteiger partial charge in [0, 0.05) is 11.1 Å². The fraction of sp³-hybridized carbons (Fsp3) is 0.167. The Morgan fingerprint density at radius 1 is 1.00 bits per heavy atom. The molecule has 0 aliphatic rings. The van der Waals surface area contributed by atoms with Crippen LogP contribution in [0, 0.1) is 0 Å². The maximum absolute atomic E-state index is 13.1. The first-order valence-corrected chi connectivity index (χ1v) is 9.71. The normalized spacial score (nSPS) is 12.2. The first kappa shape index (κ1) is 18.9. The zero-order valence-corrected chi connectivity index (χ0v) is 16.6. The van der Waals surface area contributed by atoms with E-state index < -0.39 is 0 Å². The van der Waals surface area contributed by atoms with Gasteiger partial charge in [-0.25, -0.2) is 0 Å². The topological polar surface area (TPSA) is 59.6 Å². The molecule has 0 fully saturated rings. The maximum atomic E-state index is 13.1. The van der Waals surface area contributed by atoms with E-state index >= 15 is 0 Å². The molecular formula is C24H24N3O2+. The Balaban J connectivity index is 1.64. The van der Waals surface area contributed by atoms with E-state index in [1.807, 2.05) is 72.8 Å². The summed E-state index contributed by atoms with van der Waals surface area (Å²) in [7, 11) is 4.16. The van der Waals surface area contributed by atoms with Crippen LogP contribution in [-0.2, 0) is 0 Å². The van der Waals surface area contributed by atoms with E-state index in [-0.39, 0.29) is 11.9 Å². The highest BCUT2D eigenvalue weighted by atomic mass is 16.5. The lowest BCUT2D eigenvalue weighted by atomic mass is 10.0. The number of hydrogen-bond donors (Lipinski definition) is 2. The van der Waals surface area contributed by atoms with Gasteiger partial charge in [-0.05, 0) is 23.8 Å². The second-order valence-electron chi connectivity index (χ2n) is 7.46. The van der Waals surface area contributed by atoms with E-state index in [1.54, 1.807) is 6.07 Å². The van der Waals surface area contributed by atoms with E-state index in [4.69, 9.17) is 4.52 Å². The summed E-state index contributed by atoms with van der Waals surface area (Å²) in [5, 5.41) is 8.15. The Hall–Kier alpha value is -3.44. The highest BCUT2D eigenvalue weighted by Crippen LogP contribution is 2.29. The zero-order valence-electron chi connectivity index (χ0n) is 16.6. The Morgan fingerprint density at radius 3 is 2.38 bits per heavy atom. The Labute approximate surface area is 169 Å². The molecule has 0 aliphatic carbocycles. The van der Waals surface area contributed by atoms with Crippen molar-refractivity contribution in [3.05, 3.63) is 90.0 Å². The number of nitrogens with zero attached hydrogens (tertiary/aromatic N) is 1. The second kappa shape index (κ2) is 8.29. The fourth-order valence-corrected chi connectivity index (χ4v) is 3.47. The molecule has 0 saturated heterocycles. The fourth-order valence-electron chi connectivity index (χ4n) is 3.47. The molecule has 146 valence electrons. The molecule has 0 bridgehead atoms. The van der Waals surface area contributed by atoms with Gasteiger partial charge in [0.25, 0.3) is 5.91 Å². The van der Waals surface area contributed by atoms with Gasteiger partial charge in [0.1, 0.15) is 18.1 Å². The molecule has 5 nitrogen and oxygen atoms in total. The van der Waals surface area contributed by atoms with Gasteiger partial charge in [0.15, 0.2) is 5.76 Å². The standard InChI is InChI=1S/C24H23N3O2/c1-27(2)16-22(17-9-5-3-6-10-17)25-24(28)19-13-14-21-20(15-19)23(29-26-21)18-11-7-4-8-12-18/h3-15,22H,16H2,1-2H3,(H,25,28)/p+1/t22-/m0/s1. The molecule has 3 aromatic carbocycles. The first-order chi connectivity index (χ1) is 14.1. The molecule has 1 amide bonds. The van der Waals surface area contributed by atoms with Gasteiger partial charge in [-0.15, -0.1) is 0 Å². The number of hydrogen-bond acceptors (Lipinski definition) is 3. The van der Waals surface area contributed by atoms with Crippen LogP contribution in [-0.4, -0.2) is 31.7 Å². The molecule has 4 aromatic rings. The van der Waals surface area contributed by atoms with Crippen LogP contribution in [0.4, 0.5) is 0 Å². The number of nitrogens with one attached hydrogen (secondary N) is 2. The number of rotatable bonds is 6. The number of carbonyl (C=O) groups excluding carboxylic acids is 1. The number of carbonyl (C=O) groups is 1. The summed E-state index contributed by atoms with van der Waals surface area (Å²) in [6, 6.07) is 25.3. The lowest BCUT2D eigenvalue weighted by Crippen LogP contribution is -3.06. The van der Waals surface area contributed by atoms with E-state index in [1.165, 1.54) is 4.90 Å². The molecule has 0 unspecified atom stereocenters. The van der Waals surface area contributed by atoms with E-state index in [2.05, 4.69) is 24.6 Å². The van der Waals surface area contributed by atoms with Crippen molar-refractivity contribution in [2.24, 2.45) is 0 Å². The van der Waals surface area contributed by atoms with Gasteiger partial charge in [-0.2, -0.15) is 0 Å². The van der Waals surface area contributed by atoms with Crippen LogP contribution in [0.3, 0.4) is 0 Å². The van der Waals surface area contributed by atoms with Crippen LogP contribution in [0.1, 0.15) is 22.0 Å². The van der Waals surface area contributed by atoms with Gasteiger partial charge >= 0.3 is 0 Å². The SMILES string of the molecule is C[NH+](C)C[C@H](NC(=O)c1ccc2noc(-c3ccccc3)c2c1)c1ccccc1. The summed E-state index contributed by atoms with van der Waals surface area (Å²) in [4.78, 5) is 14.3. The average molecular weight is 386 g/mol. The van der Waals surface area contributed by atoms with Crippen LogP contribution in [0.2, 0.25) is 0 Å². The smallest absolute Gasteiger partial charge is 0.251 e. The molecule has 0 radical (unpaired) electrons. The lowest BCUT2D eigenvalue weighted by molar-refractivity contribution is -0.860. The summed E-state index contributed by atoms with van der Waals surface area (Å²) >= 11 is 0. The Kier molecular flexibility index (Phi) is 5.40. The summed E-state index contributed by atoms with van der Waals surface area (Å²) in [6.45, 7) is 0.792. The van der Waals surface area contributed by atoms with Gasteiger partial charge in [0.2, 0.25) is 0 Å². The molecule has 1 aromatic heterocycles. The van der Waals surface area contributed by atoms with Crippen molar-refractivity contribution < 1.29 is 14.2 Å². The lowest BCUT2D eigenvalue weighted by Gasteiger charge is -2.21. The highest BCUT2D eigenvalue weighted by Gasteiger charge is 2.20. The van der Waals surface area contributed by atoms with E-state index in [0.29, 0.717) is 11.3 Å². The summed E-state index contributed by atoms with van der Waals surface area (Å²) in [5.74, 6) is 0.565. The minimum atomic E-state index is -0.109. The molecule has 0 aliphatic heterocycles. The molecule has 2 N–H and O–H groups in total. The van der Waals surface area contributed by atoms with Crippen molar-refractivity contribution in [1.29, 1.82) is 0 Å². The largest absolute Gasteiger partial charge is 0.355 e. The summed E-state index contributed by atoms with van der Waals surface area (Å²) in [6.07, 6.45) is 0. The average Bonchev–Trinajstić information content (AvgIpc) is 3.17. The molecule has 5 heteroatoms. The predicted octanol–water partition coefficient (Wildman–Crippen LogP) is 3.11. The summed E-state index contributed by atoms with van der Waals surface area (Å²) in [5.41, 5.74) is 3.36. The minimum absolute atomic E-state index is 0.0690. The highest BCUT2D eigenvalue weighted by molar-refractivity contribution is 6.01. The van der Waals surface area contributed by atoms with Gasteiger partial charge in [-0.3, -0.25) is 4.79 Å². The van der Waals surface area contributed by atoms with Crippen LogP contribution in [0.15, 0.2) is 83.4 Å². The van der Waals surface area contributed by atoms with Crippen LogP contribution < -0.4 is 10.2 Å². The van der Waals surface area contributed by atoms with Crippen molar-refractivity contribution in [3.63, 3.8) is 0 Å². The third-order valence-corrected chi connectivity index (χ3v) is 4.89. The first-order valence-electron chi connectivity index (χ1n) is 9.71. The van der Waals surface area contributed by atoms with Crippen LogP contribution in [0.25, 0.3) is 22.2 Å². The molecule has 0 spiro atoms. The van der Waals surface area contributed by atoms with Crippen molar-refractivity contribution in [1.82, 2.24) is 10.5 Å². The zero-order chi connectivity index (χ0) is 20.2. The number of quaternary nitrogens is 1. The van der Waals surface area contributed by atoms with E-state index in [9.17, 15) is 4.79 Å². The van der Waals surface area contributed by atoms with Crippen molar-refractivity contribution in [2.45, 2.75) is 6.04 Å². The molecule has 4 rings (SSSR count). The third-order valence-electron chi connectivity index (χ3n) is 4.89. The third kappa shape index (κ3) is 4.20. The van der Waals surface area contributed by atoms with Crippen molar-refractivity contribution in [3.8, 4) is 11.3 Å². The number of aromatic nitrogens is 1.